The molecule has 4 aliphatic rings. The summed E-state index contributed by atoms with van der Waals surface area (Å²) in [5.41, 5.74) is -1.04. The molecule has 1 unspecified atom stereocenters. The highest BCUT2D eigenvalue weighted by Crippen LogP contribution is 2.66. The van der Waals surface area contributed by atoms with Gasteiger partial charge < -0.3 is 5.11 Å². The molecule has 0 aliphatic heterocycles. The van der Waals surface area contributed by atoms with Gasteiger partial charge in [0.25, 0.3) is 0 Å². The van der Waals surface area contributed by atoms with Crippen molar-refractivity contribution in [2.24, 2.45) is 28.6 Å². The number of fused-ring (bicyclic) bond motifs is 5. The molecule has 4 saturated carbocycles. The van der Waals surface area contributed by atoms with Crippen molar-refractivity contribution in [1.82, 2.24) is 0 Å². The van der Waals surface area contributed by atoms with Crippen molar-refractivity contribution in [1.29, 1.82) is 0 Å². The van der Waals surface area contributed by atoms with Crippen LogP contribution < -0.4 is 0 Å². The molecule has 4 aliphatic carbocycles. The third kappa shape index (κ3) is 1.67. The lowest BCUT2D eigenvalue weighted by molar-refractivity contribution is -0.202. The lowest BCUT2D eigenvalue weighted by Crippen LogP contribution is -2.62. The maximum absolute atomic E-state index is 12.4. The van der Waals surface area contributed by atoms with Crippen molar-refractivity contribution < 1.29 is 14.7 Å². The molecule has 0 heterocycles. The van der Waals surface area contributed by atoms with Crippen molar-refractivity contribution >= 4 is 11.6 Å². The minimum absolute atomic E-state index is 0.119. The summed E-state index contributed by atoms with van der Waals surface area (Å²) < 4.78 is 0. The number of carbonyl (C=O) groups is 2. The first-order valence-electron chi connectivity index (χ1n) is 9.08. The lowest BCUT2D eigenvalue weighted by atomic mass is 9.44. The maximum Gasteiger partial charge on any atom is 0.139 e. The van der Waals surface area contributed by atoms with Crippen LogP contribution in [-0.2, 0) is 9.59 Å². The van der Waals surface area contributed by atoms with Gasteiger partial charge in [-0.2, -0.15) is 0 Å². The quantitative estimate of drug-likeness (QED) is 0.747. The summed E-state index contributed by atoms with van der Waals surface area (Å²) in [5.74, 6) is 2.21. The molecule has 122 valence electrons. The zero-order valence-electron chi connectivity index (χ0n) is 13.9. The van der Waals surface area contributed by atoms with Gasteiger partial charge in [-0.1, -0.05) is 13.8 Å². The van der Waals surface area contributed by atoms with E-state index in [-0.39, 0.29) is 10.8 Å². The van der Waals surface area contributed by atoms with Gasteiger partial charge in [-0.3, -0.25) is 9.59 Å². The molecule has 3 nitrogen and oxygen atoms in total. The highest BCUT2D eigenvalue weighted by Gasteiger charge is 2.64. The molecule has 22 heavy (non-hydrogen) atoms. The molecule has 0 aromatic rings. The Morgan fingerprint density at radius 2 is 1.73 bits per heavy atom. The Balaban J connectivity index is 1.71. The molecule has 0 bridgehead atoms. The zero-order chi connectivity index (χ0) is 15.8. The fraction of sp³-hybridized carbons (Fsp3) is 0.895. The average Bonchev–Trinajstić information content (AvgIpc) is 2.77. The van der Waals surface area contributed by atoms with Gasteiger partial charge in [0.05, 0.1) is 5.60 Å². The molecule has 4 fully saturated rings. The monoisotopic (exact) mass is 304 g/mol. The summed E-state index contributed by atoms with van der Waals surface area (Å²) in [7, 11) is 0. The van der Waals surface area contributed by atoms with E-state index in [2.05, 4.69) is 13.8 Å². The summed E-state index contributed by atoms with van der Waals surface area (Å²) >= 11 is 0. The van der Waals surface area contributed by atoms with Crippen LogP contribution in [0, 0.1) is 28.6 Å². The molecule has 0 radical (unpaired) electrons. The molecule has 1 N–H and O–H groups in total. The van der Waals surface area contributed by atoms with E-state index in [9.17, 15) is 14.7 Å². The van der Waals surface area contributed by atoms with Gasteiger partial charge in [0.1, 0.15) is 11.6 Å². The van der Waals surface area contributed by atoms with Crippen molar-refractivity contribution in [2.75, 3.05) is 0 Å². The Labute approximate surface area is 132 Å². The smallest absolute Gasteiger partial charge is 0.139 e. The Kier molecular flexibility index (Phi) is 3.00. The second-order valence-corrected chi connectivity index (χ2v) is 9.00. The SMILES string of the molecule is C[C@]12CC[C@H]3[C@@H](CCC4(O)CCC(=O)C[C@]34C)[C@@H]1CCC2=O. The third-order valence-electron chi connectivity index (χ3n) is 8.30. The van der Waals surface area contributed by atoms with Crippen molar-refractivity contribution in [3.8, 4) is 0 Å². The van der Waals surface area contributed by atoms with E-state index in [1.54, 1.807) is 0 Å². The van der Waals surface area contributed by atoms with Gasteiger partial charge in [-0.25, -0.2) is 0 Å². The van der Waals surface area contributed by atoms with E-state index in [1.165, 1.54) is 0 Å². The highest BCUT2D eigenvalue weighted by molar-refractivity contribution is 5.87. The molecular weight excluding hydrogens is 276 g/mol. The largest absolute Gasteiger partial charge is 0.389 e. The number of hydrogen-bond acceptors (Lipinski definition) is 3. The fourth-order valence-corrected chi connectivity index (χ4v) is 6.84. The summed E-state index contributed by atoms with van der Waals surface area (Å²) in [6, 6.07) is 0. The van der Waals surface area contributed by atoms with E-state index in [4.69, 9.17) is 0 Å². The Morgan fingerprint density at radius 3 is 2.50 bits per heavy atom. The Bertz CT molecular complexity index is 541. The van der Waals surface area contributed by atoms with Crippen LogP contribution in [0.15, 0.2) is 0 Å². The molecule has 0 amide bonds. The van der Waals surface area contributed by atoms with Crippen LogP contribution in [0.3, 0.4) is 0 Å². The van der Waals surface area contributed by atoms with Gasteiger partial charge in [0, 0.05) is 30.1 Å². The third-order valence-corrected chi connectivity index (χ3v) is 8.30. The summed E-state index contributed by atoms with van der Waals surface area (Å²) in [5, 5.41) is 11.2. The van der Waals surface area contributed by atoms with Crippen molar-refractivity contribution in [3.05, 3.63) is 0 Å². The van der Waals surface area contributed by atoms with Gasteiger partial charge >= 0.3 is 0 Å². The van der Waals surface area contributed by atoms with Crippen LogP contribution in [0.4, 0.5) is 0 Å². The first-order valence-corrected chi connectivity index (χ1v) is 9.08. The zero-order valence-corrected chi connectivity index (χ0v) is 13.9. The molecular formula is C19H28O3. The predicted octanol–water partition coefficient (Wildman–Crippen LogP) is 3.28. The summed E-state index contributed by atoms with van der Waals surface area (Å²) in [6.45, 7) is 4.35. The molecule has 4 rings (SSSR count). The number of carbonyl (C=O) groups excluding carboxylic acids is 2. The lowest BCUT2D eigenvalue weighted by Gasteiger charge is -2.62. The normalized spacial score (nSPS) is 54.6. The number of rotatable bonds is 0. The van der Waals surface area contributed by atoms with Crippen molar-refractivity contribution in [3.63, 3.8) is 0 Å². The van der Waals surface area contributed by atoms with Crippen LogP contribution in [-0.4, -0.2) is 22.3 Å². The standard InChI is InChI=1S/C19H28O3/c1-17-8-7-15-13(14(17)3-4-16(17)21)6-10-19(22)9-5-12(20)11-18(15,19)2/h13-15,22H,3-11H2,1-2H3/t13-,14-,15-,17-,18+,19?/m0/s1. The van der Waals surface area contributed by atoms with E-state index in [0.29, 0.717) is 48.6 Å². The minimum atomic E-state index is -0.654. The van der Waals surface area contributed by atoms with E-state index < -0.39 is 5.60 Å². The van der Waals surface area contributed by atoms with Crippen LogP contribution in [0.5, 0.6) is 0 Å². The van der Waals surface area contributed by atoms with Crippen LogP contribution in [0.1, 0.15) is 71.6 Å². The highest BCUT2D eigenvalue weighted by atomic mass is 16.3. The molecule has 6 atom stereocenters. The fourth-order valence-electron chi connectivity index (χ4n) is 6.84. The van der Waals surface area contributed by atoms with Gasteiger partial charge in [0.2, 0.25) is 0 Å². The Hall–Kier alpha value is -0.700. The van der Waals surface area contributed by atoms with Crippen LogP contribution in [0.2, 0.25) is 0 Å². The maximum atomic E-state index is 12.4. The molecule has 0 aromatic heterocycles. The minimum Gasteiger partial charge on any atom is -0.389 e. The predicted molar refractivity (Wildman–Crippen MR) is 83.2 cm³/mol. The number of hydrogen-bond donors (Lipinski definition) is 1. The van der Waals surface area contributed by atoms with E-state index >= 15 is 0 Å². The number of aliphatic hydroxyl groups is 1. The number of Topliss-reactive ketones (excluding diaryl/α,β-unsaturated/α-hetero) is 2. The molecule has 0 saturated heterocycles. The Morgan fingerprint density at radius 1 is 0.955 bits per heavy atom. The molecule has 3 heteroatoms. The summed E-state index contributed by atoms with van der Waals surface area (Å²) in [4.78, 5) is 24.5. The van der Waals surface area contributed by atoms with Crippen molar-refractivity contribution in [2.45, 2.75) is 77.2 Å². The van der Waals surface area contributed by atoms with Gasteiger partial charge in [0.15, 0.2) is 0 Å². The first kappa shape index (κ1) is 14.9. The summed E-state index contributed by atoms with van der Waals surface area (Å²) in [6.07, 6.45) is 7.32. The average molecular weight is 304 g/mol. The second-order valence-electron chi connectivity index (χ2n) is 9.00. The van der Waals surface area contributed by atoms with E-state index in [0.717, 1.165) is 38.5 Å². The van der Waals surface area contributed by atoms with E-state index in [1.807, 2.05) is 0 Å². The van der Waals surface area contributed by atoms with Crippen LogP contribution >= 0.6 is 0 Å². The van der Waals surface area contributed by atoms with Gasteiger partial charge in [-0.05, 0) is 56.3 Å². The molecule has 0 aromatic carbocycles. The first-order chi connectivity index (χ1) is 10.3. The van der Waals surface area contributed by atoms with Crippen LogP contribution in [0.25, 0.3) is 0 Å². The number of ketones is 2. The second kappa shape index (κ2) is 4.43. The molecule has 0 spiro atoms. The van der Waals surface area contributed by atoms with Gasteiger partial charge in [-0.15, -0.1) is 0 Å². The topological polar surface area (TPSA) is 54.4 Å².